The van der Waals surface area contributed by atoms with Crippen molar-refractivity contribution in [1.29, 1.82) is 0 Å². The molecule has 5 saturated carbocycles. The summed E-state index contributed by atoms with van der Waals surface area (Å²) >= 11 is 0. The van der Waals surface area contributed by atoms with E-state index in [-0.39, 0.29) is 17.5 Å². The van der Waals surface area contributed by atoms with Gasteiger partial charge in [-0.1, -0.05) is 34.6 Å². The van der Waals surface area contributed by atoms with Gasteiger partial charge in [-0.15, -0.1) is 0 Å². The van der Waals surface area contributed by atoms with Gasteiger partial charge in [-0.05, 0) is 130 Å². The maximum Gasteiger partial charge on any atom is 0.302 e. The van der Waals surface area contributed by atoms with Gasteiger partial charge >= 0.3 is 5.97 Å². The number of esters is 1. The Balaban J connectivity index is 1.35. The van der Waals surface area contributed by atoms with Crippen molar-refractivity contribution in [3.8, 4) is 0 Å². The van der Waals surface area contributed by atoms with Gasteiger partial charge in [0, 0.05) is 12.3 Å². The zero-order valence-corrected chi connectivity index (χ0v) is 24.5. The maximum atomic E-state index is 11.8. The summed E-state index contributed by atoms with van der Waals surface area (Å²) in [4.78, 5) is 11.8. The molecule has 206 valence electrons. The van der Waals surface area contributed by atoms with E-state index in [0.717, 1.165) is 18.8 Å². The summed E-state index contributed by atoms with van der Waals surface area (Å²) in [6, 6.07) is 0. The van der Waals surface area contributed by atoms with Crippen LogP contribution in [0.25, 0.3) is 0 Å². The van der Waals surface area contributed by atoms with Crippen LogP contribution in [0.2, 0.25) is 0 Å². The minimum atomic E-state index is -1.02. The minimum absolute atomic E-state index is 0.0636. The molecule has 0 amide bonds. The second-order valence-electron chi connectivity index (χ2n) is 15.8. The Morgan fingerprint density at radius 3 is 2.19 bits per heavy atom. The van der Waals surface area contributed by atoms with Gasteiger partial charge in [0.05, 0.1) is 11.7 Å². The molecule has 2 N–H and O–H groups in total. The lowest BCUT2D eigenvalue weighted by molar-refractivity contribution is -0.181. The van der Waals surface area contributed by atoms with E-state index in [2.05, 4.69) is 34.6 Å². The molecular weight excluding hydrogens is 448 g/mol. The fourth-order valence-electron chi connectivity index (χ4n) is 11.7. The van der Waals surface area contributed by atoms with E-state index in [1.165, 1.54) is 51.4 Å². The molecule has 0 aliphatic heterocycles. The number of aliphatic hydroxyl groups excluding tert-OH is 1. The largest absolute Gasteiger partial charge is 0.462 e. The fraction of sp³-hybridized carbons (Fsp3) is 0.969. The smallest absolute Gasteiger partial charge is 0.302 e. The monoisotopic (exact) mass is 502 g/mol. The highest BCUT2D eigenvalue weighted by molar-refractivity contribution is 5.66. The Kier molecular flexibility index (Phi) is 6.14. The average Bonchev–Trinajstić information content (AvgIpc) is 3.35. The number of ether oxygens (including phenoxy) is 1. The number of fused-ring (bicyclic) bond motifs is 2. The van der Waals surface area contributed by atoms with Crippen LogP contribution in [-0.4, -0.2) is 34.0 Å². The topological polar surface area (TPSA) is 66.8 Å². The fourth-order valence-corrected chi connectivity index (χ4v) is 11.7. The first-order valence-corrected chi connectivity index (χ1v) is 15.1. The van der Waals surface area contributed by atoms with Crippen LogP contribution in [0.3, 0.4) is 0 Å². The molecule has 5 aliphatic carbocycles. The maximum absolute atomic E-state index is 11.8. The number of aliphatic hydroxyl groups is 2. The Bertz CT molecular complexity index is 889. The molecule has 3 unspecified atom stereocenters. The Morgan fingerprint density at radius 1 is 0.917 bits per heavy atom. The van der Waals surface area contributed by atoms with Gasteiger partial charge in [0.1, 0.15) is 6.10 Å². The van der Waals surface area contributed by atoms with E-state index in [1.807, 2.05) is 0 Å². The molecule has 0 bridgehead atoms. The second-order valence-corrected chi connectivity index (χ2v) is 15.8. The van der Waals surface area contributed by atoms with Crippen LogP contribution in [0, 0.1) is 50.7 Å². The average molecular weight is 503 g/mol. The van der Waals surface area contributed by atoms with Gasteiger partial charge in [-0.2, -0.15) is 0 Å². The molecule has 0 radical (unpaired) electrons. The van der Waals surface area contributed by atoms with E-state index in [4.69, 9.17) is 4.74 Å². The van der Waals surface area contributed by atoms with Gasteiger partial charge in [0.15, 0.2) is 0 Å². The third kappa shape index (κ3) is 3.48. The predicted octanol–water partition coefficient (Wildman–Crippen LogP) is 6.91. The molecule has 2 spiro atoms. The summed E-state index contributed by atoms with van der Waals surface area (Å²) in [6.07, 6.45) is 12.8. The lowest BCUT2D eigenvalue weighted by Gasteiger charge is -2.63. The van der Waals surface area contributed by atoms with E-state index >= 15 is 0 Å². The van der Waals surface area contributed by atoms with Crippen molar-refractivity contribution in [2.45, 2.75) is 144 Å². The molecule has 4 heteroatoms. The van der Waals surface area contributed by atoms with E-state index in [1.54, 1.807) is 20.8 Å². The van der Waals surface area contributed by atoms with Crippen molar-refractivity contribution in [1.82, 2.24) is 0 Å². The van der Waals surface area contributed by atoms with Crippen LogP contribution >= 0.6 is 0 Å². The van der Waals surface area contributed by atoms with Crippen LogP contribution in [0.1, 0.15) is 126 Å². The van der Waals surface area contributed by atoms with Crippen molar-refractivity contribution < 1.29 is 19.7 Å². The summed E-state index contributed by atoms with van der Waals surface area (Å²) in [6.45, 7) is 17.5. The number of hydrogen-bond acceptors (Lipinski definition) is 4. The molecule has 36 heavy (non-hydrogen) atoms. The van der Waals surface area contributed by atoms with Crippen LogP contribution in [0.5, 0.6) is 0 Å². The Hall–Kier alpha value is -0.610. The summed E-state index contributed by atoms with van der Waals surface area (Å²) < 4.78 is 5.89. The number of carbonyl (C=O) groups is 1. The van der Waals surface area contributed by atoms with Gasteiger partial charge in [-0.3, -0.25) is 4.79 Å². The van der Waals surface area contributed by atoms with Crippen molar-refractivity contribution in [2.75, 3.05) is 0 Å². The first-order valence-electron chi connectivity index (χ1n) is 15.1. The van der Waals surface area contributed by atoms with Crippen LogP contribution < -0.4 is 0 Å². The van der Waals surface area contributed by atoms with E-state index in [0.29, 0.717) is 45.8 Å². The van der Waals surface area contributed by atoms with Crippen molar-refractivity contribution >= 4 is 5.97 Å². The van der Waals surface area contributed by atoms with Crippen LogP contribution in [0.4, 0.5) is 0 Å². The summed E-state index contributed by atoms with van der Waals surface area (Å²) in [5.74, 6) is 2.65. The highest BCUT2D eigenvalue weighted by Gasteiger charge is 2.82. The van der Waals surface area contributed by atoms with Gasteiger partial charge in [0.25, 0.3) is 0 Å². The predicted molar refractivity (Wildman–Crippen MR) is 143 cm³/mol. The second kappa shape index (κ2) is 8.20. The lowest BCUT2D eigenvalue weighted by Crippen LogP contribution is -2.58. The molecule has 0 aromatic heterocycles. The quantitative estimate of drug-likeness (QED) is 0.388. The zero-order chi connectivity index (χ0) is 26.5. The SMILES string of the molecule is CC(=O)O[C@H]1CC[C@]23C[C@]24CC[C@]2(C)[C@@H]([C@H](C)CCC(O)C(C)(C)O)CC[C@@]2(C)C4CCC3C1(C)C. The summed E-state index contributed by atoms with van der Waals surface area (Å²) in [5.41, 5.74) is 0.784. The first-order chi connectivity index (χ1) is 16.6. The zero-order valence-electron chi connectivity index (χ0n) is 24.5. The number of hydrogen-bond donors (Lipinski definition) is 2. The first kappa shape index (κ1) is 27.0. The lowest BCUT2D eigenvalue weighted by atomic mass is 9.41. The molecule has 4 nitrogen and oxygen atoms in total. The van der Waals surface area contributed by atoms with Gasteiger partial charge < -0.3 is 14.9 Å². The minimum Gasteiger partial charge on any atom is -0.462 e. The van der Waals surface area contributed by atoms with Crippen molar-refractivity contribution in [3.05, 3.63) is 0 Å². The Labute approximate surface area is 220 Å². The highest BCUT2D eigenvalue weighted by Crippen LogP contribution is 2.89. The molecule has 5 fully saturated rings. The normalized spacial score (nSPS) is 48.6. The van der Waals surface area contributed by atoms with Crippen molar-refractivity contribution in [3.63, 3.8) is 0 Å². The number of carbonyl (C=O) groups excluding carboxylic acids is 1. The summed E-state index contributed by atoms with van der Waals surface area (Å²) in [7, 11) is 0. The van der Waals surface area contributed by atoms with Gasteiger partial charge in [-0.25, -0.2) is 0 Å². The van der Waals surface area contributed by atoms with E-state index < -0.39 is 11.7 Å². The standard InChI is InChI=1S/C32H54O4/c1-20(9-12-25(34)28(5,6)35)22-13-15-30(8)24-11-10-23-27(3,4)26(36-21(2)33)14-16-31(23)19-32(24,31)18-17-29(22,30)7/h20,22-26,34-35H,9-19H2,1-8H3/t20-,22-,23?,24?,25?,26+,29-,30+,31-,32+/m1/s1. The molecular formula is C32H54O4. The van der Waals surface area contributed by atoms with Crippen molar-refractivity contribution in [2.24, 2.45) is 50.7 Å². The van der Waals surface area contributed by atoms with E-state index in [9.17, 15) is 15.0 Å². The molecule has 0 aromatic rings. The third-order valence-corrected chi connectivity index (χ3v) is 13.8. The number of rotatable bonds is 6. The van der Waals surface area contributed by atoms with Gasteiger partial charge in [0.2, 0.25) is 0 Å². The molecule has 5 rings (SSSR count). The summed E-state index contributed by atoms with van der Waals surface area (Å²) in [5, 5.41) is 20.7. The molecule has 0 aromatic carbocycles. The highest BCUT2D eigenvalue weighted by atomic mass is 16.5. The Morgan fingerprint density at radius 2 is 1.56 bits per heavy atom. The van der Waals surface area contributed by atoms with Crippen LogP contribution in [-0.2, 0) is 9.53 Å². The molecule has 5 aliphatic rings. The third-order valence-electron chi connectivity index (χ3n) is 13.8. The van der Waals surface area contributed by atoms with Crippen LogP contribution in [0.15, 0.2) is 0 Å². The molecule has 0 heterocycles. The molecule has 10 atom stereocenters. The molecule has 0 saturated heterocycles.